The molecule has 1 amide bonds. The van der Waals surface area contributed by atoms with Gasteiger partial charge in [0.05, 0.1) is 12.1 Å². The van der Waals surface area contributed by atoms with E-state index in [-0.39, 0.29) is 0 Å². The van der Waals surface area contributed by atoms with Crippen LogP contribution in [0.1, 0.15) is 56.8 Å². The lowest BCUT2D eigenvalue weighted by Crippen LogP contribution is -2.38. The van der Waals surface area contributed by atoms with Crippen molar-refractivity contribution < 1.29 is 19.4 Å². The van der Waals surface area contributed by atoms with E-state index in [1.807, 2.05) is 33.8 Å². The second-order valence-corrected chi connectivity index (χ2v) is 7.66. The molecule has 146 valence electrons. The molecule has 0 saturated heterocycles. The Bertz CT molecular complexity index is 598. The number of hydrogen-bond donors (Lipinski definition) is 3. The highest BCUT2D eigenvalue weighted by atomic mass is 16.6. The summed E-state index contributed by atoms with van der Waals surface area (Å²) in [6, 6.07) is 5.73. The number of hydrogen-bond acceptors (Lipinski definition) is 5. The molecule has 1 aliphatic carbocycles. The number of aliphatic hydroxyl groups is 1. The van der Waals surface area contributed by atoms with Crippen LogP contribution in [0.2, 0.25) is 0 Å². The number of fused-ring (bicyclic) bond motifs is 1. The third-order valence-corrected chi connectivity index (χ3v) is 4.21. The fraction of sp³-hybridized carbons (Fsp3) is 0.650. The van der Waals surface area contributed by atoms with Crippen molar-refractivity contribution in [2.24, 2.45) is 0 Å². The summed E-state index contributed by atoms with van der Waals surface area (Å²) >= 11 is 0. The number of carbonyl (C=O) groups is 1. The highest BCUT2D eigenvalue weighted by Crippen LogP contribution is 2.32. The molecule has 0 spiro atoms. The van der Waals surface area contributed by atoms with Crippen molar-refractivity contribution in [2.45, 2.75) is 64.8 Å². The molecule has 0 aliphatic heterocycles. The van der Waals surface area contributed by atoms with E-state index in [0.717, 1.165) is 49.4 Å². The molecule has 0 aromatic heterocycles. The van der Waals surface area contributed by atoms with Gasteiger partial charge in [0.15, 0.2) is 0 Å². The Hall–Kier alpha value is -1.63. The fourth-order valence-corrected chi connectivity index (χ4v) is 3.06. The lowest BCUT2D eigenvalue weighted by atomic mass is 10.0. The first-order valence-electron chi connectivity index (χ1n) is 9.38. The first kappa shape index (κ1) is 20.7. The monoisotopic (exact) mass is 364 g/mol. The summed E-state index contributed by atoms with van der Waals surface area (Å²) in [5.41, 5.74) is 2.60. The first-order chi connectivity index (χ1) is 12.3. The molecule has 1 aromatic rings. The molecule has 6 nitrogen and oxygen atoms in total. The van der Waals surface area contributed by atoms with E-state index in [1.165, 1.54) is 0 Å². The number of alkyl carbamates (subject to hydrolysis) is 1. The molecule has 0 saturated carbocycles. The van der Waals surface area contributed by atoms with Gasteiger partial charge in [0.25, 0.3) is 0 Å². The number of ether oxygens (including phenoxy) is 2. The van der Waals surface area contributed by atoms with Gasteiger partial charge in [-0.25, -0.2) is 4.79 Å². The predicted octanol–water partition coefficient (Wildman–Crippen LogP) is 2.69. The average Bonchev–Trinajstić information content (AvgIpc) is 2.84. The molecule has 26 heavy (non-hydrogen) atoms. The second kappa shape index (κ2) is 9.35. The van der Waals surface area contributed by atoms with E-state index in [4.69, 9.17) is 9.47 Å². The molecular formula is C20H32N2O4. The number of nitrogens with one attached hydrogen (secondary N) is 2. The molecule has 0 radical (unpaired) electrons. The maximum Gasteiger partial charge on any atom is 0.408 e. The van der Waals surface area contributed by atoms with E-state index in [0.29, 0.717) is 6.42 Å². The summed E-state index contributed by atoms with van der Waals surface area (Å²) in [5.74, 6) is 0. The van der Waals surface area contributed by atoms with Gasteiger partial charge < -0.3 is 25.2 Å². The van der Waals surface area contributed by atoms with Crippen molar-refractivity contribution in [3.8, 4) is 0 Å². The van der Waals surface area contributed by atoms with E-state index >= 15 is 0 Å². The fourth-order valence-electron chi connectivity index (χ4n) is 3.06. The molecule has 0 fully saturated rings. The van der Waals surface area contributed by atoms with Crippen LogP contribution in [0.3, 0.4) is 0 Å². The van der Waals surface area contributed by atoms with Crippen LogP contribution in [-0.4, -0.2) is 42.7 Å². The maximum atomic E-state index is 12.1. The molecule has 2 rings (SSSR count). The van der Waals surface area contributed by atoms with Crippen LogP contribution >= 0.6 is 0 Å². The Balaban J connectivity index is 1.93. The second-order valence-electron chi connectivity index (χ2n) is 7.66. The van der Waals surface area contributed by atoms with Crippen LogP contribution in [0.4, 0.5) is 4.79 Å². The van der Waals surface area contributed by atoms with Crippen LogP contribution < -0.4 is 10.6 Å². The molecule has 1 aromatic carbocycles. The summed E-state index contributed by atoms with van der Waals surface area (Å²) in [7, 11) is 0. The lowest BCUT2D eigenvalue weighted by Gasteiger charge is -2.23. The molecule has 0 heterocycles. The molecular weight excluding hydrogens is 332 g/mol. The van der Waals surface area contributed by atoms with Crippen LogP contribution in [0.15, 0.2) is 18.2 Å². The van der Waals surface area contributed by atoms with Gasteiger partial charge in [0, 0.05) is 26.2 Å². The molecule has 0 bridgehead atoms. The van der Waals surface area contributed by atoms with Gasteiger partial charge in [-0.1, -0.05) is 18.2 Å². The molecule has 6 heteroatoms. The van der Waals surface area contributed by atoms with Crippen molar-refractivity contribution in [3.05, 3.63) is 34.9 Å². The first-order valence-corrected chi connectivity index (χ1v) is 9.38. The smallest absolute Gasteiger partial charge is 0.408 e. The Morgan fingerprint density at radius 2 is 2.12 bits per heavy atom. The minimum absolute atomic E-state index is 0.433. The summed E-state index contributed by atoms with van der Waals surface area (Å²) in [5, 5.41) is 16.6. The Labute approximate surface area is 156 Å². The quantitative estimate of drug-likeness (QED) is 0.618. The van der Waals surface area contributed by atoms with Gasteiger partial charge >= 0.3 is 6.09 Å². The number of aliphatic hydroxyl groups excluding tert-OH is 1. The summed E-state index contributed by atoms with van der Waals surface area (Å²) < 4.78 is 10.6. The predicted molar refractivity (Wildman–Crippen MR) is 101 cm³/mol. The van der Waals surface area contributed by atoms with Gasteiger partial charge in [-0.2, -0.15) is 0 Å². The van der Waals surface area contributed by atoms with Crippen molar-refractivity contribution in [2.75, 3.05) is 19.8 Å². The number of benzene rings is 1. The molecule has 1 aliphatic rings. The van der Waals surface area contributed by atoms with Crippen LogP contribution in [0.5, 0.6) is 0 Å². The van der Waals surface area contributed by atoms with Crippen molar-refractivity contribution in [1.29, 1.82) is 0 Å². The van der Waals surface area contributed by atoms with Crippen molar-refractivity contribution in [3.63, 3.8) is 0 Å². The Morgan fingerprint density at radius 3 is 2.81 bits per heavy atom. The number of carbonyl (C=O) groups excluding carboxylic acids is 1. The zero-order chi connectivity index (χ0) is 19.2. The third kappa shape index (κ3) is 6.27. The molecule has 3 N–H and O–H groups in total. The number of rotatable bonds is 8. The minimum Gasteiger partial charge on any atom is -0.444 e. The van der Waals surface area contributed by atoms with Gasteiger partial charge in [0.1, 0.15) is 5.60 Å². The normalized spacial score (nSPS) is 19.3. The summed E-state index contributed by atoms with van der Waals surface area (Å²) in [4.78, 5) is 12.1. The van der Waals surface area contributed by atoms with E-state index < -0.39 is 23.8 Å². The topological polar surface area (TPSA) is 79.8 Å². The van der Waals surface area contributed by atoms with E-state index in [2.05, 4.69) is 22.8 Å². The standard InChI is InChI=1S/C20H32N2O4/c1-5-25-10-6-9-21-13-14-7-8-15-12-17(23)18(16(15)11-14)22-19(24)26-20(2,3)4/h7-8,11,17-18,21,23H,5-6,9-10,12-13H2,1-4H3,(H,22,24). The van der Waals surface area contributed by atoms with Crippen LogP contribution in [0, 0.1) is 0 Å². The van der Waals surface area contributed by atoms with E-state index in [1.54, 1.807) is 0 Å². The number of amides is 1. The highest BCUT2D eigenvalue weighted by Gasteiger charge is 2.33. The van der Waals surface area contributed by atoms with Crippen molar-refractivity contribution in [1.82, 2.24) is 10.6 Å². The highest BCUT2D eigenvalue weighted by molar-refractivity contribution is 5.69. The SMILES string of the molecule is CCOCCCNCc1ccc2c(c1)C(NC(=O)OC(C)(C)C)C(O)C2. The summed E-state index contributed by atoms with van der Waals surface area (Å²) in [6.45, 7) is 10.6. The lowest BCUT2D eigenvalue weighted by molar-refractivity contribution is 0.0438. The van der Waals surface area contributed by atoms with Gasteiger partial charge in [-0.3, -0.25) is 0 Å². The van der Waals surface area contributed by atoms with Crippen LogP contribution in [0.25, 0.3) is 0 Å². The van der Waals surface area contributed by atoms with Gasteiger partial charge in [-0.15, -0.1) is 0 Å². The average molecular weight is 364 g/mol. The summed E-state index contributed by atoms with van der Waals surface area (Å²) in [6.07, 6.45) is 0.374. The molecule has 2 atom stereocenters. The largest absolute Gasteiger partial charge is 0.444 e. The Kier molecular flexibility index (Phi) is 7.43. The van der Waals surface area contributed by atoms with Crippen LogP contribution in [-0.2, 0) is 22.4 Å². The third-order valence-electron chi connectivity index (χ3n) is 4.21. The maximum absolute atomic E-state index is 12.1. The van der Waals surface area contributed by atoms with Gasteiger partial charge in [-0.05, 0) is 57.4 Å². The van der Waals surface area contributed by atoms with E-state index in [9.17, 15) is 9.90 Å². The van der Waals surface area contributed by atoms with Crippen molar-refractivity contribution >= 4 is 6.09 Å². The van der Waals surface area contributed by atoms with Gasteiger partial charge in [0.2, 0.25) is 0 Å². The zero-order valence-corrected chi connectivity index (χ0v) is 16.3. The molecule has 2 unspecified atom stereocenters. The zero-order valence-electron chi connectivity index (χ0n) is 16.3. The minimum atomic E-state index is -0.632. The Morgan fingerprint density at radius 1 is 1.35 bits per heavy atom.